The lowest BCUT2D eigenvalue weighted by atomic mass is 10.2. The highest BCUT2D eigenvalue weighted by Gasteiger charge is 2.17. The molecule has 2 heterocycles. The minimum atomic E-state index is -0.699. The van der Waals surface area contributed by atoms with Crippen molar-refractivity contribution in [2.24, 2.45) is 0 Å². The number of anilines is 2. The summed E-state index contributed by atoms with van der Waals surface area (Å²) in [6, 6.07) is 4.53. The molecule has 1 amide bonds. The van der Waals surface area contributed by atoms with Gasteiger partial charge in [0, 0.05) is 18.9 Å². The van der Waals surface area contributed by atoms with E-state index in [0.717, 1.165) is 6.42 Å². The lowest BCUT2D eigenvalue weighted by Crippen LogP contribution is -2.16. The summed E-state index contributed by atoms with van der Waals surface area (Å²) in [7, 11) is 0. The molecule has 0 spiro atoms. The maximum Gasteiger partial charge on any atom is 0.260 e. The highest BCUT2D eigenvalue weighted by Crippen LogP contribution is 2.20. The fraction of sp³-hybridized carbons (Fsp3) is 0.214. The molecule has 0 aliphatic heterocycles. The molecule has 2 rings (SSSR count). The minimum absolute atomic E-state index is 0.0524. The first kappa shape index (κ1) is 15.2. The first-order valence-electron chi connectivity index (χ1n) is 6.43. The molecule has 0 saturated heterocycles. The fourth-order valence-corrected chi connectivity index (χ4v) is 1.81. The number of nitrogens with one attached hydrogen (secondary N) is 2. The van der Waals surface area contributed by atoms with Gasteiger partial charge >= 0.3 is 0 Å². The summed E-state index contributed by atoms with van der Waals surface area (Å²) in [5, 5.41) is 5.58. The van der Waals surface area contributed by atoms with Crippen LogP contribution in [-0.2, 0) is 0 Å². The quantitative estimate of drug-likeness (QED) is 0.889. The monoisotopic (exact) mass is 308 g/mol. The van der Waals surface area contributed by atoms with Crippen molar-refractivity contribution in [1.29, 1.82) is 0 Å². The molecule has 0 aromatic carbocycles. The number of nitrogens with zero attached hydrogens (tertiary/aromatic N) is 2. The fourth-order valence-electron chi connectivity index (χ4n) is 1.64. The molecule has 7 heteroatoms. The molecular weight excluding hydrogens is 295 g/mol. The van der Waals surface area contributed by atoms with Crippen LogP contribution >= 0.6 is 11.6 Å². The molecule has 110 valence electrons. The van der Waals surface area contributed by atoms with Crippen LogP contribution in [0.1, 0.15) is 23.7 Å². The van der Waals surface area contributed by atoms with Gasteiger partial charge in [-0.3, -0.25) is 4.79 Å². The zero-order valence-corrected chi connectivity index (χ0v) is 12.1. The van der Waals surface area contributed by atoms with Crippen LogP contribution in [0.3, 0.4) is 0 Å². The Labute approximate surface area is 126 Å². The highest BCUT2D eigenvalue weighted by molar-refractivity contribution is 6.33. The van der Waals surface area contributed by atoms with Gasteiger partial charge in [-0.25, -0.2) is 14.4 Å². The van der Waals surface area contributed by atoms with Crippen molar-refractivity contribution < 1.29 is 9.18 Å². The van der Waals surface area contributed by atoms with Gasteiger partial charge in [-0.2, -0.15) is 0 Å². The van der Waals surface area contributed by atoms with Crippen LogP contribution in [0.25, 0.3) is 0 Å². The number of rotatable bonds is 5. The molecule has 0 atom stereocenters. The molecule has 0 aliphatic carbocycles. The number of halogens is 2. The van der Waals surface area contributed by atoms with Gasteiger partial charge in [0.25, 0.3) is 5.91 Å². The molecule has 0 bridgehead atoms. The van der Waals surface area contributed by atoms with Crippen LogP contribution in [0.4, 0.5) is 16.0 Å². The Bertz CT molecular complexity index is 651. The Kier molecular flexibility index (Phi) is 5.05. The topological polar surface area (TPSA) is 66.9 Å². The minimum Gasteiger partial charge on any atom is -0.368 e. The molecule has 2 aromatic heterocycles. The standard InChI is InChI=1S/C14H14ClFN4O/c1-2-6-17-13-11(16)9(5-8-19-13)14(21)20-12-10(15)4-3-7-18-12/h3-5,7-8H,2,6H2,1H3,(H,17,19)(H,18,20,21). The van der Waals surface area contributed by atoms with Crippen molar-refractivity contribution in [2.75, 3.05) is 17.2 Å². The molecule has 2 aromatic rings. The van der Waals surface area contributed by atoms with E-state index >= 15 is 0 Å². The van der Waals surface area contributed by atoms with Crippen molar-refractivity contribution in [3.63, 3.8) is 0 Å². The summed E-state index contributed by atoms with van der Waals surface area (Å²) in [5.41, 5.74) is -0.120. The first-order valence-corrected chi connectivity index (χ1v) is 6.81. The Balaban J connectivity index is 2.21. The summed E-state index contributed by atoms with van der Waals surface area (Å²) in [6.07, 6.45) is 3.68. The van der Waals surface area contributed by atoms with E-state index in [0.29, 0.717) is 6.54 Å². The van der Waals surface area contributed by atoms with E-state index in [-0.39, 0.29) is 22.2 Å². The van der Waals surface area contributed by atoms with Gasteiger partial charge < -0.3 is 10.6 Å². The van der Waals surface area contributed by atoms with Gasteiger partial charge in [-0.15, -0.1) is 0 Å². The van der Waals surface area contributed by atoms with Crippen molar-refractivity contribution in [3.05, 3.63) is 47.0 Å². The second kappa shape index (κ2) is 6.99. The smallest absolute Gasteiger partial charge is 0.260 e. The normalized spacial score (nSPS) is 10.2. The molecular formula is C14H14ClFN4O. The van der Waals surface area contributed by atoms with Crippen LogP contribution in [0, 0.1) is 5.82 Å². The highest BCUT2D eigenvalue weighted by atomic mass is 35.5. The molecule has 0 aliphatic rings. The Hall–Kier alpha value is -2.21. The SMILES string of the molecule is CCCNc1nccc(C(=O)Nc2ncccc2Cl)c1F. The van der Waals surface area contributed by atoms with E-state index in [9.17, 15) is 9.18 Å². The zero-order valence-electron chi connectivity index (χ0n) is 11.4. The van der Waals surface area contributed by atoms with Crippen molar-refractivity contribution in [2.45, 2.75) is 13.3 Å². The lowest BCUT2D eigenvalue weighted by Gasteiger charge is -2.09. The average molecular weight is 309 g/mol. The van der Waals surface area contributed by atoms with E-state index in [4.69, 9.17) is 11.6 Å². The number of carbonyl (C=O) groups excluding carboxylic acids is 1. The Morgan fingerprint density at radius 1 is 1.29 bits per heavy atom. The summed E-state index contributed by atoms with van der Waals surface area (Å²) in [4.78, 5) is 19.9. The molecule has 0 unspecified atom stereocenters. The molecule has 2 N–H and O–H groups in total. The van der Waals surface area contributed by atoms with Crippen LogP contribution < -0.4 is 10.6 Å². The second-order valence-corrected chi connectivity index (χ2v) is 4.64. The summed E-state index contributed by atoms with van der Waals surface area (Å²) in [6.45, 7) is 2.52. The van der Waals surface area contributed by atoms with Gasteiger partial charge in [-0.1, -0.05) is 18.5 Å². The number of carbonyl (C=O) groups is 1. The maximum absolute atomic E-state index is 14.2. The summed E-state index contributed by atoms with van der Waals surface area (Å²) < 4.78 is 14.2. The molecule has 5 nitrogen and oxygen atoms in total. The summed E-state index contributed by atoms with van der Waals surface area (Å²) in [5.74, 6) is -1.09. The number of hydrogen-bond donors (Lipinski definition) is 2. The predicted octanol–water partition coefficient (Wildman–Crippen LogP) is 3.34. The predicted molar refractivity (Wildman–Crippen MR) is 80.2 cm³/mol. The third kappa shape index (κ3) is 3.66. The Morgan fingerprint density at radius 2 is 2.05 bits per heavy atom. The van der Waals surface area contributed by atoms with E-state index in [2.05, 4.69) is 20.6 Å². The average Bonchev–Trinajstić information content (AvgIpc) is 2.48. The van der Waals surface area contributed by atoms with Gasteiger partial charge in [0.15, 0.2) is 17.5 Å². The zero-order chi connectivity index (χ0) is 15.2. The van der Waals surface area contributed by atoms with E-state index in [1.54, 1.807) is 12.1 Å². The Morgan fingerprint density at radius 3 is 2.76 bits per heavy atom. The largest absolute Gasteiger partial charge is 0.368 e. The number of hydrogen-bond acceptors (Lipinski definition) is 4. The van der Waals surface area contributed by atoms with Crippen LogP contribution in [0.2, 0.25) is 5.02 Å². The van der Waals surface area contributed by atoms with Gasteiger partial charge in [0.05, 0.1) is 10.6 Å². The van der Waals surface area contributed by atoms with Crippen LogP contribution in [-0.4, -0.2) is 22.4 Å². The summed E-state index contributed by atoms with van der Waals surface area (Å²) >= 11 is 5.90. The van der Waals surface area contributed by atoms with Crippen molar-refractivity contribution in [3.8, 4) is 0 Å². The van der Waals surface area contributed by atoms with Gasteiger partial charge in [-0.05, 0) is 24.6 Å². The van der Waals surface area contributed by atoms with Crippen molar-refractivity contribution in [1.82, 2.24) is 9.97 Å². The van der Waals surface area contributed by atoms with E-state index in [1.807, 2.05) is 6.92 Å². The molecule has 0 fully saturated rings. The third-order valence-corrected chi connectivity index (χ3v) is 2.97. The van der Waals surface area contributed by atoms with Gasteiger partial charge in [0.1, 0.15) is 0 Å². The molecule has 21 heavy (non-hydrogen) atoms. The van der Waals surface area contributed by atoms with Crippen molar-refractivity contribution >= 4 is 29.1 Å². The maximum atomic E-state index is 14.2. The molecule has 0 saturated carbocycles. The number of amides is 1. The number of aromatic nitrogens is 2. The second-order valence-electron chi connectivity index (χ2n) is 4.24. The van der Waals surface area contributed by atoms with Gasteiger partial charge in [0.2, 0.25) is 0 Å². The number of pyridine rings is 2. The van der Waals surface area contributed by atoms with E-state index < -0.39 is 11.7 Å². The van der Waals surface area contributed by atoms with E-state index in [1.165, 1.54) is 18.5 Å². The van der Waals surface area contributed by atoms with Crippen LogP contribution in [0.15, 0.2) is 30.6 Å². The lowest BCUT2D eigenvalue weighted by molar-refractivity contribution is 0.102. The molecule has 0 radical (unpaired) electrons. The third-order valence-electron chi connectivity index (χ3n) is 2.67. The van der Waals surface area contributed by atoms with Crippen LogP contribution in [0.5, 0.6) is 0 Å². The first-order chi connectivity index (χ1) is 10.1.